The summed E-state index contributed by atoms with van der Waals surface area (Å²) in [6.07, 6.45) is 7.64. The van der Waals surface area contributed by atoms with E-state index in [4.69, 9.17) is 15.0 Å². The molecule has 2 aromatic rings. The number of fused-ring (bicyclic) bond motifs is 2. The van der Waals surface area contributed by atoms with Gasteiger partial charge in [0.15, 0.2) is 5.82 Å². The Morgan fingerprint density at radius 3 is 2.90 bits per heavy atom. The van der Waals surface area contributed by atoms with Crippen LogP contribution in [0, 0.1) is 11.8 Å². The molecule has 2 fully saturated rings. The molecule has 2 bridgehead atoms. The van der Waals surface area contributed by atoms with Gasteiger partial charge in [0, 0.05) is 61.7 Å². The monoisotopic (exact) mass is 543 g/mol. The number of aromatic nitrogens is 2. The van der Waals surface area contributed by atoms with Crippen molar-refractivity contribution in [1.82, 2.24) is 25.7 Å². The second kappa shape index (κ2) is 11.7. The number of ether oxygens (including phenoxy) is 1. The smallest absolute Gasteiger partial charge is 0.348 e. The molecule has 5 rings (SSSR count). The zero-order valence-corrected chi connectivity index (χ0v) is 22.8. The van der Waals surface area contributed by atoms with Crippen molar-refractivity contribution in [3.8, 4) is 17.6 Å². The highest BCUT2D eigenvalue weighted by Gasteiger charge is 2.36. The largest absolute Gasteiger partial charge is 0.491 e. The third-order valence-electron chi connectivity index (χ3n) is 6.61. The number of anilines is 1. The molecule has 40 heavy (non-hydrogen) atoms. The van der Waals surface area contributed by atoms with E-state index in [1.165, 1.54) is 12.5 Å². The van der Waals surface area contributed by atoms with Crippen LogP contribution in [0.25, 0.3) is 0 Å². The number of likely N-dealkylation sites (tertiary alicyclic amines) is 1. The van der Waals surface area contributed by atoms with Crippen LogP contribution < -0.4 is 26.4 Å². The number of nitrogens with one attached hydrogen (secondary N) is 3. The van der Waals surface area contributed by atoms with E-state index in [1.54, 1.807) is 24.7 Å². The van der Waals surface area contributed by atoms with Crippen molar-refractivity contribution >= 4 is 23.9 Å². The van der Waals surface area contributed by atoms with Gasteiger partial charge in [0.25, 0.3) is 0 Å². The summed E-state index contributed by atoms with van der Waals surface area (Å²) in [5.74, 6) is 8.04. The number of piperazine rings is 1. The fraction of sp³-hybridized carbons (Fsp3) is 0.393. The van der Waals surface area contributed by atoms with E-state index in [9.17, 15) is 4.79 Å². The highest BCUT2D eigenvalue weighted by molar-refractivity contribution is 6.03. The summed E-state index contributed by atoms with van der Waals surface area (Å²) >= 11 is 0. The molecule has 2 unspecified atom stereocenters. The number of carbonyl (C=O) groups excluding carboxylic acids is 1. The number of rotatable bonds is 6. The number of pyridine rings is 1. The molecule has 2 saturated heterocycles. The van der Waals surface area contributed by atoms with Crippen LogP contribution in [0.15, 0.2) is 62.6 Å². The lowest BCUT2D eigenvalue weighted by Gasteiger charge is -2.26. The second-order valence-electron chi connectivity index (χ2n) is 10.8. The summed E-state index contributed by atoms with van der Waals surface area (Å²) < 4.78 is 11.1. The Balaban J connectivity index is 1.07. The second-order valence-corrected chi connectivity index (χ2v) is 10.8. The average Bonchev–Trinajstić information content (AvgIpc) is 3.67. The molecule has 0 aromatic carbocycles. The van der Waals surface area contributed by atoms with Crippen LogP contribution in [0.4, 0.5) is 10.6 Å². The summed E-state index contributed by atoms with van der Waals surface area (Å²) in [5.41, 5.74) is 6.92. The van der Waals surface area contributed by atoms with Crippen LogP contribution in [0.5, 0.6) is 5.75 Å². The van der Waals surface area contributed by atoms with Crippen LogP contribution in [-0.4, -0.2) is 71.4 Å². The lowest BCUT2D eigenvalue weighted by atomic mass is 9.93. The van der Waals surface area contributed by atoms with Crippen LogP contribution in [0.2, 0.25) is 0 Å². The lowest BCUT2D eigenvalue weighted by molar-refractivity contribution is 0.180. The Hall–Kier alpha value is -4.47. The molecule has 2 atom stereocenters. The van der Waals surface area contributed by atoms with Crippen molar-refractivity contribution in [2.75, 3.05) is 31.6 Å². The fourth-order valence-electron chi connectivity index (χ4n) is 4.50. The number of aliphatic imine (C=N–C) groups is 2. The van der Waals surface area contributed by atoms with E-state index in [0.717, 1.165) is 25.4 Å². The molecular weight excluding hydrogens is 510 g/mol. The quantitative estimate of drug-likeness (QED) is 0.244. The maximum Gasteiger partial charge on any atom is 0.348 e. The highest BCUT2D eigenvalue weighted by atomic mass is 16.5. The van der Waals surface area contributed by atoms with Gasteiger partial charge in [0.1, 0.15) is 35.5 Å². The van der Waals surface area contributed by atoms with Crippen molar-refractivity contribution < 1.29 is 14.1 Å². The van der Waals surface area contributed by atoms with Gasteiger partial charge in [-0.05, 0) is 24.5 Å². The lowest BCUT2D eigenvalue weighted by Crippen LogP contribution is -2.45. The molecular formula is C28H33N9O3. The SMILES string of the molecule is CC(C)(C)c1cc(NC(=O)/N=C(N)\C=C2\N=CC(C#Cc3ccc(OCCN4CC5CC4CN5)cn3)=CN2)no1. The molecule has 3 aliphatic rings. The molecule has 208 valence electrons. The number of hydrogen-bond donors (Lipinski definition) is 4. The number of hydrogen-bond acceptors (Lipinski definition) is 9. The number of nitrogens with two attached hydrogens (primary N) is 1. The van der Waals surface area contributed by atoms with Gasteiger partial charge in [-0.2, -0.15) is 4.99 Å². The van der Waals surface area contributed by atoms with Crippen LogP contribution in [-0.2, 0) is 5.41 Å². The van der Waals surface area contributed by atoms with Crippen molar-refractivity contribution in [2.45, 2.75) is 44.7 Å². The van der Waals surface area contributed by atoms with Crippen molar-refractivity contribution in [2.24, 2.45) is 15.7 Å². The first-order valence-corrected chi connectivity index (χ1v) is 13.1. The molecule has 0 saturated carbocycles. The molecule has 12 nitrogen and oxygen atoms in total. The number of amides is 2. The third kappa shape index (κ3) is 7.13. The number of allylic oxidation sites excluding steroid dienone is 1. The zero-order chi connectivity index (χ0) is 28.1. The molecule has 2 amide bonds. The van der Waals surface area contributed by atoms with Gasteiger partial charge in [-0.3, -0.25) is 10.2 Å². The summed E-state index contributed by atoms with van der Waals surface area (Å²) in [6, 6.07) is 5.97. The molecule has 5 N–H and O–H groups in total. The minimum absolute atomic E-state index is 0.0317. The van der Waals surface area contributed by atoms with Crippen LogP contribution >= 0.6 is 0 Å². The summed E-state index contributed by atoms with van der Waals surface area (Å²) in [7, 11) is 0. The van der Waals surface area contributed by atoms with Gasteiger partial charge in [0.05, 0.1) is 11.8 Å². The van der Waals surface area contributed by atoms with E-state index < -0.39 is 6.03 Å². The standard InChI is InChI=1S/C28H33N9O3/c1-28(2,3)23-11-26(36-40-23)35-27(38)34-24(29)12-25-32-13-18(14-33-25)4-5-19-6-7-22(16-31-19)39-9-8-37-17-20-10-21(37)15-30-20/h6-7,11-14,16,20-21,30,32H,8-10,15,17H2,1-3H3,(H3,29,34,35,36,38)/b25-12+. The Morgan fingerprint density at radius 2 is 2.25 bits per heavy atom. The maximum atomic E-state index is 12.2. The normalized spacial score (nSPS) is 21.5. The van der Waals surface area contributed by atoms with Crippen LogP contribution in [0.1, 0.15) is 38.6 Å². The van der Waals surface area contributed by atoms with Gasteiger partial charge in [-0.1, -0.05) is 31.8 Å². The van der Waals surface area contributed by atoms with Crippen molar-refractivity contribution in [3.05, 3.63) is 59.5 Å². The third-order valence-corrected chi connectivity index (χ3v) is 6.61. The predicted molar refractivity (Wildman–Crippen MR) is 152 cm³/mol. The van der Waals surface area contributed by atoms with Gasteiger partial charge >= 0.3 is 6.03 Å². The topological polar surface area (TPSA) is 155 Å². The molecule has 3 aliphatic heterocycles. The van der Waals surface area contributed by atoms with E-state index in [2.05, 4.69) is 52.8 Å². The van der Waals surface area contributed by atoms with Gasteiger partial charge < -0.3 is 25.6 Å². The minimum atomic E-state index is -0.676. The van der Waals surface area contributed by atoms with E-state index in [-0.39, 0.29) is 17.1 Å². The van der Waals surface area contributed by atoms with E-state index in [1.807, 2.05) is 32.9 Å². The number of carbonyl (C=O) groups is 1. The average molecular weight is 544 g/mol. The fourth-order valence-corrected chi connectivity index (χ4v) is 4.50. The Bertz CT molecular complexity index is 1420. The van der Waals surface area contributed by atoms with Crippen molar-refractivity contribution in [1.29, 1.82) is 0 Å². The summed E-state index contributed by atoms with van der Waals surface area (Å²) in [6.45, 7) is 9.69. The van der Waals surface area contributed by atoms with Gasteiger partial charge in [0.2, 0.25) is 0 Å². The first-order chi connectivity index (χ1) is 19.2. The molecule has 2 aromatic heterocycles. The van der Waals surface area contributed by atoms with Gasteiger partial charge in [-0.25, -0.2) is 14.8 Å². The first-order valence-electron chi connectivity index (χ1n) is 13.1. The highest BCUT2D eigenvalue weighted by Crippen LogP contribution is 2.24. The summed E-state index contributed by atoms with van der Waals surface area (Å²) in [4.78, 5) is 27.1. The minimum Gasteiger partial charge on any atom is -0.491 e. The van der Waals surface area contributed by atoms with Gasteiger partial charge in [-0.15, -0.1) is 0 Å². The molecule has 0 spiro atoms. The zero-order valence-electron chi connectivity index (χ0n) is 22.8. The number of amidine groups is 1. The Labute approximate surface area is 232 Å². The Morgan fingerprint density at radius 1 is 1.38 bits per heavy atom. The van der Waals surface area contributed by atoms with Crippen molar-refractivity contribution in [3.63, 3.8) is 0 Å². The summed E-state index contributed by atoms with van der Waals surface area (Å²) in [5, 5.41) is 12.8. The first kappa shape index (κ1) is 27.1. The van der Waals surface area contributed by atoms with E-state index in [0.29, 0.717) is 41.5 Å². The Kier molecular flexibility index (Phi) is 7.95. The predicted octanol–water partition coefficient (Wildman–Crippen LogP) is 2.13. The maximum absolute atomic E-state index is 12.2. The molecule has 0 aliphatic carbocycles. The van der Waals surface area contributed by atoms with E-state index >= 15 is 0 Å². The van der Waals surface area contributed by atoms with Crippen LogP contribution in [0.3, 0.4) is 0 Å². The molecule has 0 radical (unpaired) electrons. The molecule has 5 heterocycles. The molecule has 12 heteroatoms. The number of urea groups is 1. The number of nitrogens with zero attached hydrogens (tertiary/aromatic N) is 5.